The van der Waals surface area contributed by atoms with Gasteiger partial charge in [0.25, 0.3) is 0 Å². The Kier molecular flexibility index (Phi) is 8.74. The van der Waals surface area contributed by atoms with Crippen molar-refractivity contribution in [3.05, 3.63) is 0 Å². The Bertz CT molecular complexity index is 480. The molecule has 2 atom stereocenters. The molecule has 7 heteroatoms. The molecular formula is C18H34N2O5. The van der Waals surface area contributed by atoms with Crippen LogP contribution in [0.15, 0.2) is 0 Å². The molecule has 0 aliphatic carbocycles. The van der Waals surface area contributed by atoms with Crippen LogP contribution in [0, 0.1) is 11.3 Å². The van der Waals surface area contributed by atoms with E-state index in [1.165, 1.54) is 0 Å². The van der Waals surface area contributed by atoms with Crippen molar-refractivity contribution in [3.63, 3.8) is 0 Å². The summed E-state index contributed by atoms with van der Waals surface area (Å²) < 4.78 is 5.38. The molecule has 0 rings (SSSR count). The van der Waals surface area contributed by atoms with Gasteiger partial charge in [-0.2, -0.15) is 0 Å². The van der Waals surface area contributed by atoms with Gasteiger partial charge in [0.15, 0.2) is 0 Å². The van der Waals surface area contributed by atoms with Gasteiger partial charge < -0.3 is 15.6 Å². The van der Waals surface area contributed by atoms with Crippen LogP contribution in [0.5, 0.6) is 0 Å². The summed E-state index contributed by atoms with van der Waals surface area (Å²) in [6, 6.07) is -1.53. The lowest BCUT2D eigenvalue weighted by Crippen LogP contribution is -2.51. The molecule has 0 saturated carbocycles. The zero-order chi connectivity index (χ0) is 20.0. The number of rotatable bonds is 10. The maximum atomic E-state index is 12.4. The van der Waals surface area contributed by atoms with Gasteiger partial charge in [-0.1, -0.05) is 13.8 Å². The second-order valence-electron chi connectivity index (χ2n) is 8.51. The van der Waals surface area contributed by atoms with Gasteiger partial charge in [-0.05, 0) is 47.0 Å². The normalized spacial score (nSPS) is 14.9. The van der Waals surface area contributed by atoms with Crippen LogP contribution in [0.2, 0.25) is 0 Å². The van der Waals surface area contributed by atoms with Gasteiger partial charge in [-0.15, -0.1) is 0 Å². The second-order valence-corrected chi connectivity index (χ2v) is 8.51. The van der Waals surface area contributed by atoms with Crippen molar-refractivity contribution in [2.24, 2.45) is 17.1 Å². The van der Waals surface area contributed by atoms with Crippen molar-refractivity contribution < 1.29 is 24.2 Å². The molecule has 25 heavy (non-hydrogen) atoms. The van der Waals surface area contributed by atoms with Crippen LogP contribution in [-0.4, -0.2) is 47.1 Å². The Labute approximate surface area is 150 Å². The fourth-order valence-corrected chi connectivity index (χ4v) is 2.13. The lowest BCUT2D eigenvalue weighted by atomic mass is 9.86. The van der Waals surface area contributed by atoms with Crippen LogP contribution in [0.1, 0.15) is 61.3 Å². The van der Waals surface area contributed by atoms with E-state index in [1.807, 2.05) is 34.6 Å². The highest BCUT2D eigenvalue weighted by atomic mass is 16.5. The van der Waals surface area contributed by atoms with E-state index < -0.39 is 29.4 Å². The van der Waals surface area contributed by atoms with E-state index in [4.69, 9.17) is 15.6 Å². The summed E-state index contributed by atoms with van der Waals surface area (Å²) in [6.07, 6.45) is 0.0949. The monoisotopic (exact) mass is 358 g/mol. The molecule has 0 spiro atoms. The molecule has 0 radical (unpaired) electrons. The molecule has 0 unspecified atom stereocenters. The SMILES string of the molecule is CC(C)[C@H](NC(C)(C)C)C(=O)OCC(C)(C)C(=O)CC[C@H](N)C(=O)O. The predicted molar refractivity (Wildman–Crippen MR) is 96.1 cm³/mol. The van der Waals surface area contributed by atoms with Crippen molar-refractivity contribution in [2.75, 3.05) is 6.61 Å². The molecule has 0 aliphatic rings. The number of nitrogens with two attached hydrogens (primary N) is 1. The minimum absolute atomic E-state index is 0.0336. The van der Waals surface area contributed by atoms with Gasteiger partial charge in [0, 0.05) is 12.0 Å². The lowest BCUT2D eigenvalue weighted by molar-refractivity contribution is -0.153. The lowest BCUT2D eigenvalue weighted by Gasteiger charge is -2.31. The highest BCUT2D eigenvalue weighted by molar-refractivity contribution is 5.85. The summed E-state index contributed by atoms with van der Waals surface area (Å²) in [5, 5.41) is 12.0. The minimum atomic E-state index is -1.13. The highest BCUT2D eigenvalue weighted by Crippen LogP contribution is 2.21. The van der Waals surface area contributed by atoms with Gasteiger partial charge in [0.2, 0.25) is 0 Å². The molecule has 0 aliphatic heterocycles. The van der Waals surface area contributed by atoms with E-state index in [-0.39, 0.29) is 36.7 Å². The molecule has 0 saturated heterocycles. The van der Waals surface area contributed by atoms with E-state index in [9.17, 15) is 14.4 Å². The third kappa shape index (κ3) is 8.97. The summed E-state index contributed by atoms with van der Waals surface area (Å²) in [7, 11) is 0. The average molecular weight is 358 g/mol. The number of Topliss-reactive ketones (excluding diaryl/α,β-unsaturated/α-hetero) is 1. The molecule has 0 fully saturated rings. The van der Waals surface area contributed by atoms with E-state index >= 15 is 0 Å². The van der Waals surface area contributed by atoms with Gasteiger partial charge in [-0.3, -0.25) is 19.7 Å². The molecule has 0 aromatic carbocycles. The number of aliphatic carboxylic acids is 1. The van der Waals surface area contributed by atoms with E-state index in [1.54, 1.807) is 13.8 Å². The molecular weight excluding hydrogens is 324 g/mol. The number of nitrogens with one attached hydrogen (secondary N) is 1. The first-order valence-corrected chi connectivity index (χ1v) is 8.63. The van der Waals surface area contributed by atoms with Crippen LogP contribution in [0.3, 0.4) is 0 Å². The Morgan fingerprint density at radius 3 is 2.04 bits per heavy atom. The van der Waals surface area contributed by atoms with Crippen molar-refractivity contribution in [1.82, 2.24) is 5.32 Å². The number of ketones is 1. The van der Waals surface area contributed by atoms with Crippen LogP contribution < -0.4 is 11.1 Å². The first-order valence-electron chi connectivity index (χ1n) is 8.63. The number of hydrogen-bond donors (Lipinski definition) is 3. The summed E-state index contributed by atoms with van der Waals surface area (Å²) >= 11 is 0. The van der Waals surface area contributed by atoms with Gasteiger partial charge in [0.05, 0.1) is 5.41 Å². The molecule has 4 N–H and O–H groups in total. The van der Waals surface area contributed by atoms with Gasteiger partial charge >= 0.3 is 11.9 Å². The van der Waals surface area contributed by atoms with Crippen molar-refractivity contribution in [1.29, 1.82) is 0 Å². The largest absolute Gasteiger partial charge is 0.480 e. The molecule has 7 nitrogen and oxygen atoms in total. The quantitative estimate of drug-likeness (QED) is 0.509. The molecule has 146 valence electrons. The van der Waals surface area contributed by atoms with Crippen molar-refractivity contribution >= 4 is 17.7 Å². The Balaban J connectivity index is 4.70. The zero-order valence-electron chi connectivity index (χ0n) is 16.5. The Morgan fingerprint density at radius 2 is 1.64 bits per heavy atom. The molecule has 0 heterocycles. The Morgan fingerprint density at radius 1 is 1.12 bits per heavy atom. The summed E-state index contributed by atoms with van der Waals surface area (Å²) in [5.74, 6) is -1.67. The van der Waals surface area contributed by atoms with Crippen LogP contribution >= 0.6 is 0 Å². The molecule has 0 aromatic rings. The number of carbonyl (C=O) groups excluding carboxylic acids is 2. The standard InChI is InChI=1S/C18H34N2O5/c1-11(2)14(20-17(3,4)5)16(24)25-10-18(6,7)13(21)9-8-12(19)15(22)23/h11-12,14,20H,8-10,19H2,1-7H3,(H,22,23)/t12-,14-/m0/s1. The average Bonchev–Trinajstić information content (AvgIpc) is 2.46. The predicted octanol–water partition coefficient (Wildman–Crippen LogP) is 1.73. The van der Waals surface area contributed by atoms with Crippen molar-refractivity contribution in [3.8, 4) is 0 Å². The van der Waals surface area contributed by atoms with E-state index in [0.717, 1.165) is 0 Å². The maximum Gasteiger partial charge on any atom is 0.323 e. The third-order valence-electron chi connectivity index (χ3n) is 3.84. The van der Waals surface area contributed by atoms with Gasteiger partial charge in [0.1, 0.15) is 24.5 Å². The summed E-state index contributed by atoms with van der Waals surface area (Å²) in [4.78, 5) is 35.4. The first kappa shape index (κ1) is 23.5. The van der Waals surface area contributed by atoms with Crippen LogP contribution in [-0.2, 0) is 19.1 Å². The topological polar surface area (TPSA) is 119 Å². The highest BCUT2D eigenvalue weighted by Gasteiger charge is 2.33. The van der Waals surface area contributed by atoms with Gasteiger partial charge in [-0.25, -0.2) is 0 Å². The minimum Gasteiger partial charge on any atom is -0.480 e. The zero-order valence-corrected chi connectivity index (χ0v) is 16.5. The number of hydrogen-bond acceptors (Lipinski definition) is 6. The fraction of sp³-hybridized carbons (Fsp3) is 0.833. The number of carboxylic acids is 1. The first-order chi connectivity index (χ1) is 11.2. The number of carboxylic acid groups (broad SMARTS) is 1. The number of carbonyl (C=O) groups is 3. The second kappa shape index (κ2) is 9.29. The number of esters is 1. The smallest absolute Gasteiger partial charge is 0.323 e. The Hall–Kier alpha value is -1.47. The maximum absolute atomic E-state index is 12.4. The molecule has 0 aromatic heterocycles. The molecule has 0 bridgehead atoms. The fourth-order valence-electron chi connectivity index (χ4n) is 2.13. The van der Waals surface area contributed by atoms with E-state index in [0.29, 0.717) is 0 Å². The summed E-state index contributed by atoms with van der Waals surface area (Å²) in [6.45, 7) is 13.1. The third-order valence-corrected chi connectivity index (χ3v) is 3.84. The molecule has 0 amide bonds. The summed E-state index contributed by atoms with van der Waals surface area (Å²) in [5.41, 5.74) is 4.28. The van der Waals surface area contributed by atoms with E-state index in [2.05, 4.69) is 5.32 Å². The van der Waals surface area contributed by atoms with Crippen LogP contribution in [0.4, 0.5) is 0 Å². The van der Waals surface area contributed by atoms with Crippen molar-refractivity contribution in [2.45, 2.75) is 78.9 Å². The van der Waals surface area contributed by atoms with Crippen LogP contribution in [0.25, 0.3) is 0 Å². The number of ether oxygens (including phenoxy) is 1.